The number of rotatable bonds is 13. The van der Waals surface area contributed by atoms with Crippen LogP contribution >= 0.6 is 0 Å². The second-order valence-electron chi connectivity index (χ2n) is 6.45. The Balaban J connectivity index is 2.21. The average molecular weight is 294 g/mol. The van der Waals surface area contributed by atoms with Crippen LogP contribution in [-0.4, -0.2) is 4.57 Å². The number of imidazole rings is 1. The van der Waals surface area contributed by atoms with Gasteiger partial charge in [-0.3, -0.25) is 0 Å². The summed E-state index contributed by atoms with van der Waals surface area (Å²) in [5.74, 6) is 1.51. The summed E-state index contributed by atoms with van der Waals surface area (Å²) in [4.78, 5) is 0. The fourth-order valence-electron chi connectivity index (χ4n) is 3.03. The third kappa shape index (κ3) is 7.68. The van der Waals surface area contributed by atoms with Crippen molar-refractivity contribution in [3.8, 4) is 0 Å². The fraction of sp³-hybridized carbons (Fsp3) is 0.842. The Hall–Kier alpha value is -0.790. The highest BCUT2D eigenvalue weighted by molar-refractivity contribution is 4.84. The maximum atomic E-state index is 2.48. The van der Waals surface area contributed by atoms with Crippen molar-refractivity contribution >= 4 is 0 Å². The second kappa shape index (κ2) is 11.8. The molecule has 0 bridgehead atoms. The molecule has 122 valence electrons. The first-order valence-electron chi connectivity index (χ1n) is 9.33. The van der Waals surface area contributed by atoms with E-state index < -0.39 is 0 Å². The molecular formula is C19H37N2+. The van der Waals surface area contributed by atoms with Crippen LogP contribution in [-0.2, 0) is 20.0 Å². The number of hydrogen-bond acceptors (Lipinski definition) is 0. The molecule has 1 rings (SSSR count). The van der Waals surface area contributed by atoms with E-state index in [0.29, 0.717) is 0 Å². The smallest absolute Gasteiger partial charge is 0.237 e. The van der Waals surface area contributed by atoms with Crippen LogP contribution in [0, 0.1) is 0 Å². The van der Waals surface area contributed by atoms with Crippen molar-refractivity contribution in [2.75, 3.05) is 0 Å². The quantitative estimate of drug-likeness (QED) is 0.350. The van der Waals surface area contributed by atoms with Crippen molar-refractivity contribution in [3.05, 3.63) is 18.2 Å². The van der Waals surface area contributed by atoms with Gasteiger partial charge in [-0.15, -0.1) is 0 Å². The molecular weight excluding hydrogens is 256 g/mol. The molecule has 0 aliphatic rings. The summed E-state index contributed by atoms with van der Waals surface area (Å²) in [6.45, 7) is 5.77. The van der Waals surface area contributed by atoms with Crippen molar-refractivity contribution in [2.24, 2.45) is 7.05 Å². The largest absolute Gasteiger partial charge is 0.256 e. The van der Waals surface area contributed by atoms with Crippen molar-refractivity contribution < 1.29 is 4.57 Å². The molecule has 1 heterocycles. The summed E-state index contributed by atoms with van der Waals surface area (Å²) >= 11 is 0. The molecule has 0 amide bonds. The minimum atomic E-state index is 1.21. The zero-order valence-electron chi connectivity index (χ0n) is 14.7. The molecule has 0 saturated heterocycles. The zero-order valence-corrected chi connectivity index (χ0v) is 14.7. The summed E-state index contributed by atoms with van der Waals surface area (Å²) in [5, 5.41) is 0. The Morgan fingerprint density at radius 1 is 0.810 bits per heavy atom. The van der Waals surface area contributed by atoms with Gasteiger partial charge in [-0.05, 0) is 19.3 Å². The highest BCUT2D eigenvalue weighted by atomic mass is 15.1. The first-order chi connectivity index (χ1) is 10.3. The Morgan fingerprint density at radius 3 is 2.05 bits per heavy atom. The van der Waals surface area contributed by atoms with Gasteiger partial charge in [0, 0.05) is 6.42 Å². The third-order valence-corrected chi connectivity index (χ3v) is 4.47. The minimum absolute atomic E-state index is 1.21. The van der Waals surface area contributed by atoms with E-state index in [0.717, 1.165) is 0 Å². The first kappa shape index (κ1) is 18.3. The molecule has 2 nitrogen and oxygen atoms in total. The third-order valence-electron chi connectivity index (χ3n) is 4.47. The number of hydrogen-bond donors (Lipinski definition) is 0. The van der Waals surface area contributed by atoms with E-state index in [2.05, 4.69) is 42.4 Å². The van der Waals surface area contributed by atoms with E-state index in [4.69, 9.17) is 0 Å². The van der Waals surface area contributed by atoms with E-state index in [1.54, 1.807) is 0 Å². The van der Waals surface area contributed by atoms with Gasteiger partial charge >= 0.3 is 0 Å². The van der Waals surface area contributed by atoms with Gasteiger partial charge in [-0.1, -0.05) is 65.2 Å². The molecule has 0 radical (unpaired) electrons. The van der Waals surface area contributed by atoms with Crippen LogP contribution < -0.4 is 4.57 Å². The summed E-state index contributed by atoms with van der Waals surface area (Å²) in [6, 6.07) is 0. The minimum Gasteiger partial charge on any atom is -0.237 e. The van der Waals surface area contributed by atoms with Gasteiger partial charge in [-0.25, -0.2) is 9.13 Å². The lowest BCUT2D eigenvalue weighted by atomic mass is 10.1. The fourth-order valence-corrected chi connectivity index (χ4v) is 3.03. The molecule has 2 heteroatoms. The van der Waals surface area contributed by atoms with E-state index in [1.807, 2.05) is 0 Å². The van der Waals surface area contributed by atoms with E-state index >= 15 is 0 Å². The van der Waals surface area contributed by atoms with Crippen LogP contribution in [0.5, 0.6) is 0 Å². The molecule has 0 N–H and O–H groups in total. The molecule has 0 aliphatic heterocycles. The monoisotopic (exact) mass is 293 g/mol. The second-order valence-corrected chi connectivity index (χ2v) is 6.45. The molecule has 0 aliphatic carbocycles. The molecule has 0 atom stereocenters. The highest BCUT2D eigenvalue weighted by Gasteiger charge is 2.13. The average Bonchev–Trinajstić information content (AvgIpc) is 2.83. The normalized spacial score (nSPS) is 11.2. The van der Waals surface area contributed by atoms with Gasteiger partial charge in [0.25, 0.3) is 5.82 Å². The lowest BCUT2D eigenvalue weighted by Crippen LogP contribution is -2.32. The summed E-state index contributed by atoms with van der Waals surface area (Å²) < 4.78 is 4.80. The summed E-state index contributed by atoms with van der Waals surface area (Å²) in [5.41, 5.74) is 0. The Kier molecular flexibility index (Phi) is 10.3. The van der Waals surface area contributed by atoms with Gasteiger partial charge in [0.1, 0.15) is 12.4 Å². The van der Waals surface area contributed by atoms with Gasteiger partial charge < -0.3 is 0 Å². The molecule has 0 fully saturated rings. The van der Waals surface area contributed by atoms with Gasteiger partial charge in [-0.2, -0.15) is 0 Å². The lowest BCUT2D eigenvalue weighted by molar-refractivity contribution is -0.678. The van der Waals surface area contributed by atoms with Crippen LogP contribution in [0.4, 0.5) is 0 Å². The summed E-state index contributed by atoms with van der Waals surface area (Å²) in [7, 11) is 2.19. The predicted molar refractivity (Wildman–Crippen MR) is 91.4 cm³/mol. The van der Waals surface area contributed by atoms with Crippen LogP contribution in [0.1, 0.15) is 90.3 Å². The van der Waals surface area contributed by atoms with Gasteiger partial charge in [0.15, 0.2) is 0 Å². The number of aryl methyl sites for hydroxylation is 2. The molecule has 0 unspecified atom stereocenters. The molecule has 21 heavy (non-hydrogen) atoms. The predicted octanol–water partition coefficient (Wildman–Crippen LogP) is 5.19. The molecule has 1 aromatic heterocycles. The van der Waals surface area contributed by atoms with E-state index in [-0.39, 0.29) is 0 Å². The number of nitrogens with zero attached hydrogens (tertiary/aromatic N) is 2. The highest BCUT2D eigenvalue weighted by Crippen LogP contribution is 2.10. The summed E-state index contributed by atoms with van der Waals surface area (Å²) in [6.07, 6.45) is 20.9. The van der Waals surface area contributed by atoms with E-state index in [1.165, 1.54) is 89.4 Å². The lowest BCUT2D eigenvalue weighted by Gasteiger charge is -2.04. The van der Waals surface area contributed by atoms with Crippen molar-refractivity contribution in [3.63, 3.8) is 0 Å². The van der Waals surface area contributed by atoms with Crippen LogP contribution in [0.2, 0.25) is 0 Å². The first-order valence-corrected chi connectivity index (χ1v) is 9.33. The molecule has 0 aromatic carbocycles. The van der Waals surface area contributed by atoms with Crippen molar-refractivity contribution in [1.29, 1.82) is 0 Å². The molecule has 1 aromatic rings. The van der Waals surface area contributed by atoms with Crippen molar-refractivity contribution in [1.82, 2.24) is 4.57 Å². The Bertz CT molecular complexity index is 354. The van der Waals surface area contributed by atoms with E-state index in [9.17, 15) is 0 Å². The number of unbranched alkanes of at least 4 members (excludes halogenated alkanes) is 9. The van der Waals surface area contributed by atoms with Crippen LogP contribution in [0.15, 0.2) is 12.4 Å². The number of aromatic nitrogens is 2. The molecule has 0 saturated carbocycles. The maximum Gasteiger partial charge on any atom is 0.256 e. The topological polar surface area (TPSA) is 8.81 Å². The van der Waals surface area contributed by atoms with Gasteiger partial charge in [0.2, 0.25) is 0 Å². The Morgan fingerprint density at radius 2 is 1.38 bits per heavy atom. The molecule has 0 spiro atoms. The van der Waals surface area contributed by atoms with Crippen LogP contribution in [0.3, 0.4) is 0 Å². The SMILES string of the molecule is CCCCCCCCCn1cc[n+](C)c1CCCCCC. The van der Waals surface area contributed by atoms with Crippen LogP contribution in [0.25, 0.3) is 0 Å². The Labute approximate surface area is 132 Å². The zero-order chi connectivity index (χ0) is 15.3. The standard InChI is InChI=1S/C19H37N2/c1-4-6-8-10-11-12-14-16-21-18-17-20(3)19(21)15-13-9-7-5-2/h17-18H,4-16H2,1-3H3/q+1. The van der Waals surface area contributed by atoms with Gasteiger partial charge in [0.05, 0.1) is 13.6 Å². The maximum absolute atomic E-state index is 2.48. The van der Waals surface area contributed by atoms with Crippen molar-refractivity contribution in [2.45, 2.75) is 97.4 Å².